The van der Waals surface area contributed by atoms with Crippen molar-refractivity contribution in [1.29, 1.82) is 0 Å². The fraction of sp³-hybridized carbons (Fsp3) is 0.421. The van der Waals surface area contributed by atoms with Crippen molar-refractivity contribution >= 4 is 11.8 Å². The van der Waals surface area contributed by atoms with Gasteiger partial charge in [-0.05, 0) is 37.1 Å². The quantitative estimate of drug-likeness (QED) is 0.796. The molecule has 0 saturated carbocycles. The fourth-order valence-corrected chi connectivity index (χ4v) is 3.11. The molecule has 3 rings (SSSR count). The molecule has 26 heavy (non-hydrogen) atoms. The number of pyridine rings is 2. The molecule has 3 heterocycles. The number of anilines is 1. The first-order valence-corrected chi connectivity index (χ1v) is 8.71. The third-order valence-corrected chi connectivity index (χ3v) is 4.51. The summed E-state index contributed by atoms with van der Waals surface area (Å²) in [6, 6.07) is 9.82. The average Bonchev–Trinajstić information content (AvgIpc) is 2.69. The molecule has 7 nitrogen and oxygen atoms in total. The summed E-state index contributed by atoms with van der Waals surface area (Å²) in [6.45, 7) is 2.89. The van der Waals surface area contributed by atoms with E-state index in [1.54, 1.807) is 12.1 Å². The molecule has 138 valence electrons. The summed E-state index contributed by atoms with van der Waals surface area (Å²) in [7, 11) is 2.83. The van der Waals surface area contributed by atoms with Gasteiger partial charge in [-0.25, -0.2) is 4.79 Å². The fourth-order valence-electron chi connectivity index (χ4n) is 3.11. The minimum absolute atomic E-state index is 0.273. The van der Waals surface area contributed by atoms with Crippen LogP contribution in [-0.4, -0.2) is 54.2 Å². The highest BCUT2D eigenvalue weighted by molar-refractivity contribution is 5.92. The molecule has 0 spiro atoms. The Morgan fingerprint density at radius 1 is 1.23 bits per heavy atom. The van der Waals surface area contributed by atoms with E-state index in [-0.39, 0.29) is 5.88 Å². The van der Waals surface area contributed by atoms with Crippen molar-refractivity contribution in [3.8, 4) is 5.88 Å². The van der Waals surface area contributed by atoms with Crippen molar-refractivity contribution < 1.29 is 14.3 Å². The normalized spacial score (nSPS) is 15.5. The van der Waals surface area contributed by atoms with Gasteiger partial charge < -0.3 is 14.8 Å². The van der Waals surface area contributed by atoms with Crippen molar-refractivity contribution in [2.24, 2.45) is 0 Å². The molecule has 1 aliphatic rings. The van der Waals surface area contributed by atoms with Gasteiger partial charge in [0.1, 0.15) is 11.4 Å². The molecule has 0 radical (unpaired) electrons. The van der Waals surface area contributed by atoms with Crippen molar-refractivity contribution in [1.82, 2.24) is 14.9 Å². The highest BCUT2D eigenvalue weighted by Gasteiger charge is 2.21. The van der Waals surface area contributed by atoms with Crippen molar-refractivity contribution in [3.63, 3.8) is 0 Å². The number of piperidine rings is 1. The Bertz CT molecular complexity index is 731. The summed E-state index contributed by atoms with van der Waals surface area (Å²) in [5.74, 6) is 0.524. The van der Waals surface area contributed by atoms with E-state index >= 15 is 0 Å². The Hall–Kier alpha value is -2.67. The maximum absolute atomic E-state index is 11.7. The number of nitrogens with zero attached hydrogens (tertiary/aromatic N) is 3. The van der Waals surface area contributed by atoms with Crippen LogP contribution in [0, 0.1) is 0 Å². The zero-order chi connectivity index (χ0) is 18.4. The van der Waals surface area contributed by atoms with Crippen LogP contribution in [0.4, 0.5) is 5.82 Å². The lowest BCUT2D eigenvalue weighted by Gasteiger charge is -2.32. The van der Waals surface area contributed by atoms with Gasteiger partial charge >= 0.3 is 5.97 Å². The van der Waals surface area contributed by atoms with Crippen LogP contribution in [0.5, 0.6) is 5.88 Å². The molecule has 0 aromatic carbocycles. The highest BCUT2D eigenvalue weighted by atomic mass is 16.5. The summed E-state index contributed by atoms with van der Waals surface area (Å²) in [5, 5.41) is 3.44. The lowest BCUT2D eigenvalue weighted by Crippen LogP contribution is -2.39. The number of methoxy groups -OCH3 is 2. The van der Waals surface area contributed by atoms with Crippen molar-refractivity contribution in [2.75, 3.05) is 32.6 Å². The predicted octanol–water partition coefficient (Wildman–Crippen LogP) is 2.35. The van der Waals surface area contributed by atoms with E-state index in [0.717, 1.165) is 38.2 Å². The van der Waals surface area contributed by atoms with Crippen LogP contribution in [-0.2, 0) is 11.3 Å². The van der Waals surface area contributed by atoms with Gasteiger partial charge in [0.05, 0.1) is 19.9 Å². The van der Waals surface area contributed by atoms with E-state index in [9.17, 15) is 4.79 Å². The van der Waals surface area contributed by atoms with Gasteiger partial charge in [-0.1, -0.05) is 6.07 Å². The van der Waals surface area contributed by atoms with Crippen LogP contribution in [0.15, 0.2) is 36.5 Å². The van der Waals surface area contributed by atoms with Gasteiger partial charge in [-0.3, -0.25) is 9.88 Å². The summed E-state index contributed by atoms with van der Waals surface area (Å²) < 4.78 is 9.95. The summed E-state index contributed by atoms with van der Waals surface area (Å²) in [5.41, 5.74) is 1.43. The number of aromatic nitrogens is 2. The number of rotatable bonds is 6. The zero-order valence-corrected chi connectivity index (χ0v) is 15.1. The van der Waals surface area contributed by atoms with Gasteiger partial charge in [0, 0.05) is 31.9 Å². The van der Waals surface area contributed by atoms with E-state index < -0.39 is 5.97 Å². The predicted molar refractivity (Wildman–Crippen MR) is 98.3 cm³/mol. The first kappa shape index (κ1) is 18.1. The lowest BCUT2D eigenvalue weighted by atomic mass is 10.0. The summed E-state index contributed by atoms with van der Waals surface area (Å²) in [4.78, 5) is 22.9. The minimum atomic E-state index is -0.455. The molecule has 0 aliphatic carbocycles. The standard InChI is InChI=1S/C19H24N4O3/c1-25-18-16(19(24)26-2)6-7-17(22-18)21-14-8-11-23(12-9-14)13-15-5-3-4-10-20-15/h3-7,10,14H,8-9,11-13H2,1-2H3,(H,21,22). The van der Waals surface area contributed by atoms with Gasteiger partial charge in [-0.2, -0.15) is 4.98 Å². The first-order valence-electron chi connectivity index (χ1n) is 8.71. The van der Waals surface area contributed by atoms with Crippen LogP contribution >= 0.6 is 0 Å². The molecule has 1 aliphatic heterocycles. The molecular formula is C19H24N4O3. The molecule has 7 heteroatoms. The van der Waals surface area contributed by atoms with Crippen LogP contribution in [0.1, 0.15) is 28.9 Å². The van der Waals surface area contributed by atoms with Crippen molar-refractivity contribution in [2.45, 2.75) is 25.4 Å². The molecule has 1 fully saturated rings. The number of nitrogens with one attached hydrogen (secondary N) is 1. The Labute approximate surface area is 153 Å². The Kier molecular flexibility index (Phi) is 6.01. The van der Waals surface area contributed by atoms with Gasteiger partial charge in [0.15, 0.2) is 0 Å². The molecule has 1 N–H and O–H groups in total. The van der Waals surface area contributed by atoms with E-state index in [1.165, 1.54) is 14.2 Å². The largest absolute Gasteiger partial charge is 0.480 e. The topological polar surface area (TPSA) is 76.6 Å². The highest BCUT2D eigenvalue weighted by Crippen LogP contribution is 2.22. The number of likely N-dealkylation sites (tertiary alicyclic amines) is 1. The number of carbonyl (C=O) groups excluding carboxylic acids is 1. The zero-order valence-electron chi connectivity index (χ0n) is 15.1. The van der Waals surface area contributed by atoms with E-state index in [2.05, 4.69) is 26.3 Å². The molecule has 2 aromatic rings. The van der Waals surface area contributed by atoms with Crippen LogP contribution < -0.4 is 10.1 Å². The molecule has 0 amide bonds. The van der Waals surface area contributed by atoms with Gasteiger partial charge in [-0.15, -0.1) is 0 Å². The third-order valence-electron chi connectivity index (χ3n) is 4.51. The second kappa shape index (κ2) is 8.62. The number of carbonyl (C=O) groups is 1. The van der Waals surface area contributed by atoms with Gasteiger partial charge in [0.2, 0.25) is 5.88 Å². The molecular weight excluding hydrogens is 332 g/mol. The van der Waals surface area contributed by atoms with Crippen LogP contribution in [0.3, 0.4) is 0 Å². The van der Waals surface area contributed by atoms with Crippen molar-refractivity contribution in [3.05, 3.63) is 47.8 Å². The van der Waals surface area contributed by atoms with Crippen LogP contribution in [0.2, 0.25) is 0 Å². The lowest BCUT2D eigenvalue weighted by molar-refractivity contribution is 0.0596. The first-order chi connectivity index (χ1) is 12.7. The third kappa shape index (κ3) is 4.49. The number of hydrogen-bond acceptors (Lipinski definition) is 7. The summed E-state index contributed by atoms with van der Waals surface area (Å²) >= 11 is 0. The number of esters is 1. The molecule has 2 aromatic heterocycles. The average molecular weight is 356 g/mol. The second-order valence-corrected chi connectivity index (χ2v) is 6.26. The SMILES string of the molecule is COC(=O)c1ccc(NC2CCN(Cc3ccccn3)CC2)nc1OC. The molecule has 0 bridgehead atoms. The molecule has 1 saturated heterocycles. The molecule has 0 unspecified atom stereocenters. The Balaban J connectivity index is 1.55. The summed E-state index contributed by atoms with van der Waals surface area (Å²) in [6.07, 6.45) is 3.88. The second-order valence-electron chi connectivity index (χ2n) is 6.26. The van der Waals surface area contributed by atoms with E-state index in [1.807, 2.05) is 18.3 Å². The molecule has 0 atom stereocenters. The smallest absolute Gasteiger partial charge is 0.343 e. The number of ether oxygens (including phenoxy) is 2. The van der Waals surface area contributed by atoms with Crippen LogP contribution in [0.25, 0.3) is 0 Å². The number of hydrogen-bond donors (Lipinski definition) is 1. The minimum Gasteiger partial charge on any atom is -0.480 e. The Morgan fingerprint density at radius 3 is 2.69 bits per heavy atom. The maximum Gasteiger partial charge on any atom is 0.343 e. The Morgan fingerprint density at radius 2 is 2.04 bits per heavy atom. The monoisotopic (exact) mass is 356 g/mol. The van der Waals surface area contributed by atoms with E-state index in [0.29, 0.717) is 17.4 Å². The van der Waals surface area contributed by atoms with E-state index in [4.69, 9.17) is 9.47 Å². The van der Waals surface area contributed by atoms with Gasteiger partial charge in [0.25, 0.3) is 0 Å². The maximum atomic E-state index is 11.7.